The van der Waals surface area contributed by atoms with E-state index in [4.69, 9.17) is 4.74 Å². The predicted molar refractivity (Wildman–Crippen MR) is 96.6 cm³/mol. The lowest BCUT2D eigenvalue weighted by atomic mass is 10.1. The number of nitrogens with one attached hydrogen (secondary N) is 1. The summed E-state index contributed by atoms with van der Waals surface area (Å²) in [5.74, 6) is 0. The van der Waals surface area contributed by atoms with Crippen molar-refractivity contribution in [1.82, 2.24) is 10.2 Å². The third kappa shape index (κ3) is 5.70. The van der Waals surface area contributed by atoms with Gasteiger partial charge in [-0.2, -0.15) is 0 Å². The number of ether oxygens (including phenoxy) is 1. The molecule has 0 aliphatic carbocycles. The molecule has 4 heteroatoms. The second kappa shape index (κ2) is 9.73. The van der Waals surface area contributed by atoms with Gasteiger partial charge in [-0.3, -0.25) is 4.90 Å². The second-order valence-corrected chi connectivity index (χ2v) is 5.81. The standard InChI is InChI=1S/C20H26N2O2/c1-3-19(14-21-20(23)24-2)22(15-17-10-6-4-7-11-17)16-18-12-8-5-9-13-18/h4-13,19H,3,14-16H2,1-2H3,(H,21,23)/t19-/m0/s1. The monoisotopic (exact) mass is 326 g/mol. The quantitative estimate of drug-likeness (QED) is 0.802. The van der Waals surface area contributed by atoms with Crippen molar-refractivity contribution in [3.63, 3.8) is 0 Å². The molecule has 0 aromatic heterocycles. The van der Waals surface area contributed by atoms with Gasteiger partial charge in [-0.15, -0.1) is 0 Å². The minimum atomic E-state index is -0.382. The van der Waals surface area contributed by atoms with E-state index in [1.807, 2.05) is 12.1 Å². The Kier molecular flexibility index (Phi) is 7.30. The summed E-state index contributed by atoms with van der Waals surface area (Å²) in [6, 6.07) is 21.1. The Hall–Kier alpha value is -2.33. The SMILES string of the molecule is CC[C@@H](CNC(=O)OC)N(Cc1ccccc1)Cc1ccccc1. The maximum Gasteiger partial charge on any atom is 0.406 e. The van der Waals surface area contributed by atoms with Crippen LogP contribution in [0.2, 0.25) is 0 Å². The Morgan fingerprint density at radius 3 is 1.92 bits per heavy atom. The number of methoxy groups -OCH3 is 1. The van der Waals surface area contributed by atoms with Crippen LogP contribution < -0.4 is 5.32 Å². The Morgan fingerprint density at radius 2 is 1.50 bits per heavy atom. The average molecular weight is 326 g/mol. The summed E-state index contributed by atoms with van der Waals surface area (Å²) in [4.78, 5) is 13.8. The lowest BCUT2D eigenvalue weighted by Crippen LogP contribution is -2.43. The highest BCUT2D eigenvalue weighted by Crippen LogP contribution is 2.15. The van der Waals surface area contributed by atoms with Crippen molar-refractivity contribution >= 4 is 6.09 Å². The Labute approximate surface area is 144 Å². The molecule has 0 fully saturated rings. The molecule has 1 N–H and O–H groups in total. The molecule has 0 unspecified atom stereocenters. The number of hydrogen-bond acceptors (Lipinski definition) is 3. The molecule has 1 atom stereocenters. The van der Waals surface area contributed by atoms with Crippen LogP contribution in [0, 0.1) is 0 Å². The van der Waals surface area contributed by atoms with Gasteiger partial charge in [-0.25, -0.2) is 4.79 Å². The molecule has 2 aromatic rings. The molecule has 0 radical (unpaired) electrons. The first-order valence-electron chi connectivity index (χ1n) is 8.36. The first-order valence-corrected chi connectivity index (χ1v) is 8.36. The van der Waals surface area contributed by atoms with Crippen molar-refractivity contribution in [3.8, 4) is 0 Å². The normalized spacial score (nSPS) is 12.0. The molecule has 0 saturated heterocycles. The topological polar surface area (TPSA) is 41.6 Å². The van der Waals surface area contributed by atoms with Crippen molar-refractivity contribution in [2.24, 2.45) is 0 Å². The highest BCUT2D eigenvalue weighted by molar-refractivity contribution is 5.66. The Bertz CT molecular complexity index is 560. The van der Waals surface area contributed by atoms with Crippen LogP contribution >= 0.6 is 0 Å². The molecule has 4 nitrogen and oxygen atoms in total. The van der Waals surface area contributed by atoms with Gasteiger partial charge in [0.1, 0.15) is 0 Å². The van der Waals surface area contributed by atoms with Gasteiger partial charge in [-0.05, 0) is 17.5 Å². The molecule has 128 valence electrons. The van der Waals surface area contributed by atoms with E-state index in [1.54, 1.807) is 0 Å². The molecule has 0 aliphatic heterocycles. The van der Waals surface area contributed by atoms with E-state index >= 15 is 0 Å². The summed E-state index contributed by atoms with van der Waals surface area (Å²) in [7, 11) is 1.39. The molecule has 2 rings (SSSR count). The van der Waals surface area contributed by atoms with Gasteiger partial charge < -0.3 is 10.1 Å². The first-order chi connectivity index (χ1) is 11.7. The van der Waals surface area contributed by atoms with Crippen LogP contribution in [-0.2, 0) is 17.8 Å². The molecule has 0 aliphatic rings. The van der Waals surface area contributed by atoms with Crippen LogP contribution in [-0.4, -0.2) is 30.7 Å². The number of rotatable bonds is 8. The fraction of sp³-hybridized carbons (Fsp3) is 0.350. The van der Waals surface area contributed by atoms with Crippen molar-refractivity contribution in [2.45, 2.75) is 32.5 Å². The maximum absolute atomic E-state index is 11.4. The van der Waals surface area contributed by atoms with E-state index in [1.165, 1.54) is 18.2 Å². The largest absolute Gasteiger partial charge is 0.453 e. The zero-order chi connectivity index (χ0) is 17.2. The van der Waals surface area contributed by atoms with Crippen LogP contribution in [0.5, 0.6) is 0 Å². The van der Waals surface area contributed by atoms with Gasteiger partial charge in [0.05, 0.1) is 7.11 Å². The summed E-state index contributed by atoms with van der Waals surface area (Å²) in [6.45, 7) is 4.41. The molecule has 2 aromatic carbocycles. The number of nitrogens with zero attached hydrogens (tertiary/aromatic N) is 1. The Balaban J connectivity index is 2.11. The van der Waals surface area contributed by atoms with Gasteiger partial charge in [-0.1, -0.05) is 67.6 Å². The molecule has 1 amide bonds. The van der Waals surface area contributed by atoms with Crippen molar-refractivity contribution < 1.29 is 9.53 Å². The fourth-order valence-corrected chi connectivity index (χ4v) is 2.75. The van der Waals surface area contributed by atoms with Gasteiger partial charge in [0.25, 0.3) is 0 Å². The van der Waals surface area contributed by atoms with Crippen LogP contribution in [0.4, 0.5) is 4.79 Å². The third-order valence-corrected chi connectivity index (χ3v) is 4.11. The van der Waals surface area contributed by atoms with Gasteiger partial charge in [0.2, 0.25) is 0 Å². The molecule has 0 spiro atoms. The van der Waals surface area contributed by atoms with Crippen molar-refractivity contribution in [2.75, 3.05) is 13.7 Å². The van der Waals surface area contributed by atoms with Gasteiger partial charge >= 0.3 is 6.09 Å². The Morgan fingerprint density at radius 1 is 1.00 bits per heavy atom. The van der Waals surface area contributed by atoms with E-state index in [0.717, 1.165) is 19.5 Å². The second-order valence-electron chi connectivity index (χ2n) is 5.81. The summed E-state index contributed by atoms with van der Waals surface area (Å²) >= 11 is 0. The van der Waals surface area contributed by atoms with E-state index in [-0.39, 0.29) is 12.1 Å². The molecule has 0 heterocycles. The van der Waals surface area contributed by atoms with Gasteiger partial charge in [0, 0.05) is 25.7 Å². The number of alkyl carbamates (subject to hydrolysis) is 1. The lowest BCUT2D eigenvalue weighted by Gasteiger charge is -2.31. The number of amides is 1. The zero-order valence-electron chi connectivity index (χ0n) is 14.4. The number of carbonyl (C=O) groups excluding carboxylic acids is 1. The third-order valence-electron chi connectivity index (χ3n) is 4.11. The van der Waals surface area contributed by atoms with Crippen LogP contribution in [0.15, 0.2) is 60.7 Å². The predicted octanol–water partition coefficient (Wildman–Crippen LogP) is 3.82. The highest BCUT2D eigenvalue weighted by atomic mass is 16.5. The minimum absolute atomic E-state index is 0.240. The number of carbonyl (C=O) groups is 1. The van der Waals surface area contributed by atoms with Crippen LogP contribution in [0.25, 0.3) is 0 Å². The van der Waals surface area contributed by atoms with Crippen molar-refractivity contribution in [1.29, 1.82) is 0 Å². The van der Waals surface area contributed by atoms with E-state index < -0.39 is 0 Å². The van der Waals surface area contributed by atoms with Gasteiger partial charge in [0.15, 0.2) is 0 Å². The zero-order valence-corrected chi connectivity index (χ0v) is 14.4. The van der Waals surface area contributed by atoms with E-state index in [9.17, 15) is 4.79 Å². The molecule has 24 heavy (non-hydrogen) atoms. The number of hydrogen-bond donors (Lipinski definition) is 1. The summed E-state index contributed by atoms with van der Waals surface area (Å²) in [5.41, 5.74) is 2.54. The maximum atomic E-state index is 11.4. The highest BCUT2D eigenvalue weighted by Gasteiger charge is 2.18. The molecular formula is C20H26N2O2. The first kappa shape index (κ1) is 18.0. The smallest absolute Gasteiger partial charge is 0.406 e. The fourth-order valence-electron chi connectivity index (χ4n) is 2.75. The van der Waals surface area contributed by atoms with Crippen LogP contribution in [0.3, 0.4) is 0 Å². The number of benzene rings is 2. The molecule has 0 saturated carbocycles. The summed E-state index contributed by atoms with van der Waals surface area (Å²) in [5, 5.41) is 2.83. The summed E-state index contributed by atoms with van der Waals surface area (Å²) in [6.07, 6.45) is 0.566. The van der Waals surface area contributed by atoms with E-state index in [0.29, 0.717) is 6.54 Å². The minimum Gasteiger partial charge on any atom is -0.453 e. The molecule has 0 bridgehead atoms. The van der Waals surface area contributed by atoms with Crippen LogP contribution in [0.1, 0.15) is 24.5 Å². The van der Waals surface area contributed by atoms with E-state index in [2.05, 4.69) is 65.7 Å². The summed E-state index contributed by atoms with van der Waals surface area (Å²) < 4.78 is 4.69. The molecular weight excluding hydrogens is 300 g/mol. The van der Waals surface area contributed by atoms with Crippen molar-refractivity contribution in [3.05, 3.63) is 71.8 Å². The lowest BCUT2D eigenvalue weighted by molar-refractivity contribution is 0.148. The average Bonchev–Trinajstić information content (AvgIpc) is 2.63.